The maximum absolute atomic E-state index is 11.6. The highest BCUT2D eigenvalue weighted by Gasteiger charge is 2.14. The molecular formula is C12H14N6O3S. The van der Waals surface area contributed by atoms with Crippen LogP contribution < -0.4 is 5.73 Å². The molecule has 2 aromatic rings. The van der Waals surface area contributed by atoms with E-state index in [2.05, 4.69) is 20.3 Å². The minimum atomic E-state index is -0.267. The van der Waals surface area contributed by atoms with Gasteiger partial charge in [0.05, 0.1) is 12.7 Å². The fraction of sp³-hybridized carbons (Fsp3) is 0.333. The molecule has 0 saturated carbocycles. The molecule has 0 saturated heterocycles. The van der Waals surface area contributed by atoms with Crippen LogP contribution in [0.5, 0.6) is 0 Å². The van der Waals surface area contributed by atoms with E-state index >= 15 is 0 Å². The van der Waals surface area contributed by atoms with Gasteiger partial charge in [-0.1, -0.05) is 5.16 Å². The fourth-order valence-electron chi connectivity index (χ4n) is 1.70. The number of oxime groups is 1. The second-order valence-corrected chi connectivity index (χ2v) is 5.22. The molecule has 10 heteroatoms. The predicted octanol–water partition coefficient (Wildman–Crippen LogP) is 1.64. The van der Waals surface area contributed by atoms with Crippen LogP contribution in [0.25, 0.3) is 0 Å². The van der Waals surface area contributed by atoms with Crippen LogP contribution in [-0.2, 0) is 16.2 Å². The summed E-state index contributed by atoms with van der Waals surface area (Å²) in [4.78, 5) is 35.1. The number of carbonyl (C=O) groups excluding carboxylic acids is 1. The third-order valence-electron chi connectivity index (χ3n) is 2.73. The van der Waals surface area contributed by atoms with E-state index in [-0.39, 0.29) is 23.9 Å². The Hall–Kier alpha value is -2.62. The molecule has 0 unspecified atom stereocenters. The van der Waals surface area contributed by atoms with Crippen molar-refractivity contribution in [2.75, 3.05) is 12.3 Å². The van der Waals surface area contributed by atoms with Crippen LogP contribution in [0.3, 0.4) is 0 Å². The smallest absolute Gasteiger partial charge is 0.214 e. The Morgan fingerprint density at radius 1 is 1.50 bits per heavy atom. The molecule has 0 bridgehead atoms. The molecule has 2 rings (SSSR count). The molecule has 0 fully saturated rings. The van der Waals surface area contributed by atoms with Crippen LogP contribution >= 0.6 is 11.3 Å². The van der Waals surface area contributed by atoms with Crippen molar-refractivity contribution in [3.8, 4) is 0 Å². The fourth-order valence-corrected chi connectivity index (χ4v) is 2.25. The zero-order chi connectivity index (χ0) is 16.1. The monoisotopic (exact) mass is 322 g/mol. The van der Waals surface area contributed by atoms with E-state index in [1.807, 2.05) is 0 Å². The standard InChI is InChI=1S/C12H14N6O3S/c1-7(19)11(9-6-22-12(13)15-9)17-21-4-3-18-5-10(16-20)14-8(18)2/h5-6H,3-4H2,1-2H3,(H2,13,15)/b17-11+. The Kier molecular flexibility index (Phi) is 4.94. The average Bonchev–Trinajstić information content (AvgIpc) is 3.04. The zero-order valence-corrected chi connectivity index (χ0v) is 12.8. The highest BCUT2D eigenvalue weighted by molar-refractivity contribution is 7.13. The van der Waals surface area contributed by atoms with Gasteiger partial charge >= 0.3 is 0 Å². The lowest BCUT2D eigenvalue weighted by atomic mass is 10.2. The third-order valence-corrected chi connectivity index (χ3v) is 3.41. The van der Waals surface area contributed by atoms with Gasteiger partial charge in [0.25, 0.3) is 0 Å². The van der Waals surface area contributed by atoms with Crippen molar-refractivity contribution in [3.63, 3.8) is 0 Å². The molecule has 0 aromatic carbocycles. The third kappa shape index (κ3) is 3.73. The Bertz CT molecular complexity index is 720. The van der Waals surface area contributed by atoms with Crippen molar-refractivity contribution in [1.82, 2.24) is 14.5 Å². The summed E-state index contributed by atoms with van der Waals surface area (Å²) >= 11 is 1.22. The number of hydrogen-bond donors (Lipinski definition) is 1. The van der Waals surface area contributed by atoms with Crippen molar-refractivity contribution in [1.29, 1.82) is 0 Å². The number of Topliss-reactive ketones (excluding diaryl/α,β-unsaturated/α-hetero) is 1. The van der Waals surface area contributed by atoms with Crippen LogP contribution in [0, 0.1) is 11.8 Å². The van der Waals surface area contributed by atoms with Crippen LogP contribution in [0.15, 0.2) is 21.9 Å². The highest BCUT2D eigenvalue weighted by Crippen LogP contribution is 2.13. The molecule has 0 radical (unpaired) electrons. The molecule has 0 aliphatic carbocycles. The molecule has 9 nitrogen and oxygen atoms in total. The predicted molar refractivity (Wildman–Crippen MR) is 82.1 cm³/mol. The van der Waals surface area contributed by atoms with Gasteiger partial charge in [-0.2, -0.15) is 0 Å². The van der Waals surface area contributed by atoms with Gasteiger partial charge in [-0.25, -0.2) is 9.97 Å². The summed E-state index contributed by atoms with van der Waals surface area (Å²) in [5, 5.41) is 8.57. The van der Waals surface area contributed by atoms with Gasteiger partial charge in [-0.15, -0.1) is 16.2 Å². The maximum Gasteiger partial charge on any atom is 0.214 e. The Morgan fingerprint density at radius 3 is 2.82 bits per heavy atom. The number of aryl methyl sites for hydroxylation is 1. The number of aromatic nitrogens is 3. The first-order valence-corrected chi connectivity index (χ1v) is 7.18. The minimum Gasteiger partial charge on any atom is -0.393 e. The Morgan fingerprint density at radius 2 is 2.27 bits per heavy atom. The van der Waals surface area contributed by atoms with Crippen molar-refractivity contribution >= 4 is 33.8 Å². The van der Waals surface area contributed by atoms with Crippen LogP contribution in [0.4, 0.5) is 10.9 Å². The largest absolute Gasteiger partial charge is 0.393 e. The molecule has 2 N–H and O–H groups in total. The minimum absolute atomic E-state index is 0.114. The van der Waals surface area contributed by atoms with E-state index < -0.39 is 0 Å². The molecule has 0 aliphatic rings. The van der Waals surface area contributed by atoms with Crippen LogP contribution in [-0.4, -0.2) is 32.6 Å². The first-order chi connectivity index (χ1) is 10.5. The van der Waals surface area contributed by atoms with Crippen molar-refractivity contribution in [2.24, 2.45) is 10.3 Å². The summed E-state index contributed by atoms with van der Waals surface area (Å²) in [6.07, 6.45) is 1.52. The highest BCUT2D eigenvalue weighted by atomic mass is 32.1. The molecule has 0 aliphatic heterocycles. The van der Waals surface area contributed by atoms with E-state index in [4.69, 9.17) is 10.6 Å². The number of nitrogens with two attached hydrogens (primary N) is 1. The zero-order valence-electron chi connectivity index (χ0n) is 12.0. The second-order valence-electron chi connectivity index (χ2n) is 4.33. The Balaban J connectivity index is 1.98. The number of thiazole rings is 1. The second kappa shape index (κ2) is 6.89. The first kappa shape index (κ1) is 15.8. The Labute approximate surface area is 129 Å². The summed E-state index contributed by atoms with van der Waals surface area (Å²) in [7, 11) is 0. The van der Waals surface area contributed by atoms with Gasteiger partial charge in [0.2, 0.25) is 5.82 Å². The van der Waals surface area contributed by atoms with Crippen molar-refractivity contribution in [3.05, 3.63) is 28.0 Å². The number of carbonyl (C=O) groups is 1. The van der Waals surface area contributed by atoms with Gasteiger partial charge in [0, 0.05) is 12.3 Å². The molecule has 0 spiro atoms. The van der Waals surface area contributed by atoms with Gasteiger partial charge in [-0.05, 0) is 12.1 Å². The maximum atomic E-state index is 11.6. The number of ketones is 1. The van der Waals surface area contributed by atoms with Gasteiger partial charge in [-0.3, -0.25) is 4.79 Å². The molecule has 22 heavy (non-hydrogen) atoms. The quantitative estimate of drug-likeness (QED) is 0.357. The molecule has 0 amide bonds. The number of nitrogens with zero attached hydrogens (tertiary/aromatic N) is 5. The first-order valence-electron chi connectivity index (χ1n) is 6.30. The van der Waals surface area contributed by atoms with E-state index in [0.717, 1.165) is 0 Å². The molecule has 2 heterocycles. The van der Waals surface area contributed by atoms with E-state index in [9.17, 15) is 9.70 Å². The van der Waals surface area contributed by atoms with E-state index in [1.165, 1.54) is 24.5 Å². The molecule has 116 valence electrons. The van der Waals surface area contributed by atoms with Crippen molar-refractivity contribution in [2.45, 2.75) is 20.4 Å². The number of anilines is 1. The topological polar surface area (TPSA) is 125 Å². The van der Waals surface area contributed by atoms with Gasteiger partial charge in [0.1, 0.15) is 18.1 Å². The SMILES string of the molecule is CC(=O)/C(=N\OCCn1cc(N=O)nc1C)c1csc(N)n1. The lowest BCUT2D eigenvalue weighted by Crippen LogP contribution is -2.14. The van der Waals surface area contributed by atoms with Crippen LogP contribution in [0.1, 0.15) is 18.4 Å². The summed E-state index contributed by atoms with van der Waals surface area (Å²) in [5.41, 5.74) is 6.04. The van der Waals surface area contributed by atoms with E-state index in [0.29, 0.717) is 23.2 Å². The molecule has 2 aromatic heterocycles. The van der Waals surface area contributed by atoms with E-state index in [1.54, 1.807) is 16.9 Å². The normalized spacial score (nSPS) is 11.5. The number of rotatable bonds is 7. The lowest BCUT2D eigenvalue weighted by molar-refractivity contribution is -0.111. The summed E-state index contributed by atoms with van der Waals surface area (Å²) in [6.45, 7) is 3.74. The van der Waals surface area contributed by atoms with Gasteiger partial charge < -0.3 is 15.1 Å². The lowest BCUT2D eigenvalue weighted by Gasteiger charge is -2.04. The van der Waals surface area contributed by atoms with Crippen LogP contribution in [0.2, 0.25) is 0 Å². The number of imidazole rings is 1. The number of hydrogen-bond acceptors (Lipinski definition) is 9. The summed E-state index contributed by atoms with van der Waals surface area (Å²) in [6, 6.07) is 0. The molecular weight excluding hydrogens is 308 g/mol. The number of nitroso groups, excluding NO2 is 1. The summed E-state index contributed by atoms with van der Waals surface area (Å²) in [5.74, 6) is 0.487. The molecule has 0 atom stereocenters. The summed E-state index contributed by atoms with van der Waals surface area (Å²) < 4.78 is 1.71. The van der Waals surface area contributed by atoms with Gasteiger partial charge in [0.15, 0.2) is 16.6 Å². The van der Waals surface area contributed by atoms with Crippen molar-refractivity contribution < 1.29 is 9.63 Å². The average molecular weight is 322 g/mol. The number of nitrogen functional groups attached to an aromatic ring is 1.